The van der Waals surface area contributed by atoms with Crippen LogP contribution in [0.3, 0.4) is 0 Å². The zero-order valence-electron chi connectivity index (χ0n) is 11.6. The number of hydrogen-bond donors (Lipinski definition) is 1. The molecule has 1 N–H and O–H groups in total. The zero-order valence-corrected chi connectivity index (χ0v) is 12.4. The van der Waals surface area contributed by atoms with Gasteiger partial charge in [0.1, 0.15) is 0 Å². The van der Waals surface area contributed by atoms with E-state index in [0.29, 0.717) is 23.9 Å². The Morgan fingerprint density at radius 3 is 2.68 bits per heavy atom. The minimum atomic E-state index is -3.35. The molecule has 2 rings (SSSR count). The summed E-state index contributed by atoms with van der Waals surface area (Å²) in [6.07, 6.45) is 3.54. The van der Waals surface area contributed by atoms with Crippen LogP contribution in [0.5, 0.6) is 0 Å². The Morgan fingerprint density at radius 2 is 2.11 bits per heavy atom. The van der Waals surface area contributed by atoms with Crippen LogP contribution in [0.1, 0.15) is 24.8 Å². The number of nitrogens with zero attached hydrogens (tertiary/aromatic N) is 1. The Balaban J connectivity index is 2.15. The molecule has 1 fully saturated rings. The van der Waals surface area contributed by atoms with E-state index < -0.39 is 10.0 Å². The van der Waals surface area contributed by atoms with Gasteiger partial charge in [-0.3, -0.25) is 0 Å². The van der Waals surface area contributed by atoms with Gasteiger partial charge in [0.05, 0.1) is 4.90 Å². The Labute approximate surface area is 115 Å². The van der Waals surface area contributed by atoms with E-state index in [4.69, 9.17) is 0 Å². The maximum Gasteiger partial charge on any atom is 0.242 e. The molecule has 1 saturated carbocycles. The minimum Gasteiger partial charge on any atom is -0.316 e. The van der Waals surface area contributed by atoms with Gasteiger partial charge in [0.15, 0.2) is 0 Å². The number of hydrogen-bond acceptors (Lipinski definition) is 3. The molecule has 19 heavy (non-hydrogen) atoms. The van der Waals surface area contributed by atoms with Crippen molar-refractivity contribution in [3.8, 4) is 0 Å². The topological polar surface area (TPSA) is 49.4 Å². The van der Waals surface area contributed by atoms with Gasteiger partial charge in [0, 0.05) is 20.1 Å². The maximum atomic E-state index is 12.5. The third-order valence-corrected chi connectivity index (χ3v) is 5.55. The number of nitrogens with one attached hydrogen (secondary N) is 1. The van der Waals surface area contributed by atoms with Gasteiger partial charge < -0.3 is 5.32 Å². The van der Waals surface area contributed by atoms with E-state index in [1.165, 1.54) is 10.7 Å². The Hall–Kier alpha value is -0.910. The molecule has 0 heterocycles. The standard InChI is InChI=1S/C14H22N2O2S/c1-15-10-13-7-4-8-14(9-13)19(17,18)16(2)11-12-5-3-6-12/h4,7-9,12,15H,3,5-6,10-11H2,1-2H3. The lowest BCUT2D eigenvalue weighted by Crippen LogP contribution is -2.34. The van der Waals surface area contributed by atoms with Gasteiger partial charge in [-0.1, -0.05) is 18.6 Å². The Kier molecular flexibility index (Phi) is 4.60. The molecule has 0 bridgehead atoms. The molecule has 0 spiro atoms. The molecule has 1 aromatic rings. The lowest BCUT2D eigenvalue weighted by atomic mass is 9.86. The van der Waals surface area contributed by atoms with Crippen molar-refractivity contribution in [2.45, 2.75) is 30.7 Å². The first kappa shape index (κ1) is 14.5. The van der Waals surface area contributed by atoms with E-state index >= 15 is 0 Å². The summed E-state index contributed by atoms with van der Waals surface area (Å²) in [5, 5.41) is 3.03. The highest BCUT2D eigenvalue weighted by Crippen LogP contribution is 2.28. The molecule has 0 aliphatic heterocycles. The van der Waals surface area contributed by atoms with Gasteiger partial charge in [-0.2, -0.15) is 0 Å². The molecule has 4 nitrogen and oxygen atoms in total. The summed E-state index contributed by atoms with van der Waals surface area (Å²) in [4.78, 5) is 0.391. The van der Waals surface area contributed by atoms with Gasteiger partial charge in [-0.25, -0.2) is 12.7 Å². The molecular weight excluding hydrogens is 260 g/mol. The molecule has 0 unspecified atom stereocenters. The number of rotatable bonds is 6. The lowest BCUT2D eigenvalue weighted by Gasteiger charge is -2.29. The first-order valence-electron chi connectivity index (χ1n) is 6.74. The predicted molar refractivity (Wildman–Crippen MR) is 76.4 cm³/mol. The fourth-order valence-electron chi connectivity index (χ4n) is 2.34. The first-order chi connectivity index (χ1) is 9.04. The van der Waals surface area contributed by atoms with E-state index in [1.54, 1.807) is 25.2 Å². The largest absolute Gasteiger partial charge is 0.316 e. The van der Waals surface area contributed by atoms with Crippen LogP contribution >= 0.6 is 0 Å². The van der Waals surface area contributed by atoms with E-state index in [2.05, 4.69) is 5.32 Å². The van der Waals surface area contributed by atoms with E-state index in [-0.39, 0.29) is 0 Å². The number of sulfonamides is 1. The van der Waals surface area contributed by atoms with Crippen LogP contribution < -0.4 is 5.32 Å². The molecule has 106 valence electrons. The highest BCUT2D eigenvalue weighted by Gasteiger charge is 2.26. The third kappa shape index (κ3) is 3.35. The summed E-state index contributed by atoms with van der Waals surface area (Å²) >= 11 is 0. The normalized spacial score (nSPS) is 16.6. The van der Waals surface area contributed by atoms with E-state index in [0.717, 1.165) is 18.4 Å². The fraction of sp³-hybridized carbons (Fsp3) is 0.571. The fourth-order valence-corrected chi connectivity index (χ4v) is 3.65. The van der Waals surface area contributed by atoms with Crippen molar-refractivity contribution in [2.24, 2.45) is 5.92 Å². The second kappa shape index (κ2) is 6.03. The third-order valence-electron chi connectivity index (χ3n) is 3.73. The SMILES string of the molecule is CNCc1cccc(S(=O)(=O)N(C)CC2CCC2)c1. The first-order valence-corrected chi connectivity index (χ1v) is 8.18. The van der Waals surface area contributed by atoms with Gasteiger partial charge in [-0.15, -0.1) is 0 Å². The van der Waals surface area contributed by atoms with Crippen LogP contribution in [0.25, 0.3) is 0 Å². The maximum absolute atomic E-state index is 12.5. The van der Waals surface area contributed by atoms with Crippen molar-refractivity contribution in [2.75, 3.05) is 20.6 Å². The van der Waals surface area contributed by atoms with Gasteiger partial charge in [0.25, 0.3) is 0 Å². The molecule has 1 aliphatic rings. The lowest BCUT2D eigenvalue weighted by molar-refractivity contribution is 0.263. The smallest absolute Gasteiger partial charge is 0.242 e. The molecule has 0 amide bonds. The molecule has 0 radical (unpaired) electrons. The summed E-state index contributed by atoms with van der Waals surface area (Å²) in [6, 6.07) is 7.16. The number of benzene rings is 1. The van der Waals surface area contributed by atoms with Crippen LogP contribution in [0, 0.1) is 5.92 Å². The van der Waals surface area contributed by atoms with Gasteiger partial charge >= 0.3 is 0 Å². The molecular formula is C14H22N2O2S. The monoisotopic (exact) mass is 282 g/mol. The van der Waals surface area contributed by atoms with Crippen molar-refractivity contribution in [3.63, 3.8) is 0 Å². The highest BCUT2D eigenvalue weighted by molar-refractivity contribution is 7.89. The molecule has 5 heteroatoms. The molecule has 1 aromatic carbocycles. The van der Waals surface area contributed by atoms with Gasteiger partial charge in [-0.05, 0) is 43.5 Å². The van der Waals surface area contributed by atoms with E-state index in [1.807, 2.05) is 13.1 Å². The van der Waals surface area contributed by atoms with Crippen molar-refractivity contribution < 1.29 is 8.42 Å². The van der Waals surface area contributed by atoms with Gasteiger partial charge in [0.2, 0.25) is 10.0 Å². The second-order valence-electron chi connectivity index (χ2n) is 5.26. The zero-order chi connectivity index (χ0) is 13.9. The summed E-state index contributed by atoms with van der Waals surface area (Å²) in [5.74, 6) is 0.542. The van der Waals surface area contributed by atoms with Crippen LogP contribution in [0.15, 0.2) is 29.2 Å². The van der Waals surface area contributed by atoms with Crippen molar-refractivity contribution >= 4 is 10.0 Å². The highest BCUT2D eigenvalue weighted by atomic mass is 32.2. The van der Waals surface area contributed by atoms with Crippen LogP contribution in [-0.2, 0) is 16.6 Å². The average Bonchev–Trinajstić information content (AvgIpc) is 2.34. The molecule has 0 atom stereocenters. The summed E-state index contributed by atoms with van der Waals surface area (Å²) in [6.45, 7) is 1.31. The quantitative estimate of drug-likeness (QED) is 0.866. The predicted octanol–water partition coefficient (Wildman–Crippen LogP) is 1.83. The Morgan fingerprint density at radius 1 is 1.37 bits per heavy atom. The summed E-state index contributed by atoms with van der Waals surface area (Å²) in [5.41, 5.74) is 0.987. The molecule has 1 aliphatic carbocycles. The second-order valence-corrected chi connectivity index (χ2v) is 7.31. The van der Waals surface area contributed by atoms with Crippen molar-refractivity contribution in [1.29, 1.82) is 0 Å². The van der Waals surface area contributed by atoms with Crippen LogP contribution in [0.2, 0.25) is 0 Å². The minimum absolute atomic E-state index is 0.391. The van der Waals surface area contributed by atoms with E-state index in [9.17, 15) is 8.42 Å². The Bertz CT molecular complexity index is 524. The molecule has 0 saturated heterocycles. The average molecular weight is 282 g/mol. The van der Waals surface area contributed by atoms with Crippen molar-refractivity contribution in [1.82, 2.24) is 9.62 Å². The summed E-state index contributed by atoms with van der Waals surface area (Å²) in [7, 11) is 0.185. The molecule has 0 aromatic heterocycles. The van der Waals surface area contributed by atoms with Crippen LogP contribution in [0.4, 0.5) is 0 Å². The van der Waals surface area contributed by atoms with Crippen LogP contribution in [-0.4, -0.2) is 33.4 Å². The summed E-state index contributed by atoms with van der Waals surface area (Å²) < 4.78 is 26.4. The van der Waals surface area contributed by atoms with Crippen molar-refractivity contribution in [3.05, 3.63) is 29.8 Å².